The van der Waals surface area contributed by atoms with Crippen LogP contribution in [0.25, 0.3) is 11.1 Å². The number of hydrogen-bond donors (Lipinski definition) is 3. The molecule has 0 aliphatic heterocycles. The summed E-state index contributed by atoms with van der Waals surface area (Å²) >= 11 is 0. The van der Waals surface area contributed by atoms with E-state index in [4.69, 9.17) is 10.2 Å². The standard InChI is InChI=1S/C14H21N3O2/c1-8(2)10(7-15)13(16-3)9-4-5-11-12(6-9)19-14(18)17-11/h4-6,8,10,13,16H,7,15H2,1-3H3,(H,17,18). The van der Waals surface area contributed by atoms with Crippen molar-refractivity contribution in [2.45, 2.75) is 19.9 Å². The Bertz CT molecular complexity index is 600. The number of hydrogen-bond acceptors (Lipinski definition) is 4. The number of oxazole rings is 1. The lowest BCUT2D eigenvalue weighted by Crippen LogP contribution is -2.33. The maximum Gasteiger partial charge on any atom is 0.417 e. The lowest BCUT2D eigenvalue weighted by molar-refractivity contribution is 0.299. The van der Waals surface area contributed by atoms with Gasteiger partial charge in [-0.05, 0) is 43.1 Å². The zero-order valence-corrected chi connectivity index (χ0v) is 11.6. The first kappa shape index (κ1) is 13.8. The zero-order chi connectivity index (χ0) is 14.0. The second-order valence-electron chi connectivity index (χ2n) is 5.18. The summed E-state index contributed by atoms with van der Waals surface area (Å²) in [5.74, 6) is 0.372. The third-order valence-electron chi connectivity index (χ3n) is 3.67. The zero-order valence-electron chi connectivity index (χ0n) is 11.6. The van der Waals surface area contributed by atoms with Gasteiger partial charge in [0, 0.05) is 6.04 Å². The highest BCUT2D eigenvalue weighted by atomic mass is 16.4. The number of aromatic amines is 1. The molecule has 104 valence electrons. The van der Waals surface area contributed by atoms with Gasteiger partial charge in [0.25, 0.3) is 0 Å². The summed E-state index contributed by atoms with van der Waals surface area (Å²) in [6.45, 7) is 4.94. The van der Waals surface area contributed by atoms with Crippen molar-refractivity contribution in [1.82, 2.24) is 10.3 Å². The van der Waals surface area contributed by atoms with E-state index in [0.29, 0.717) is 24.0 Å². The number of nitrogens with one attached hydrogen (secondary N) is 2. The Kier molecular flexibility index (Phi) is 4.07. The molecule has 19 heavy (non-hydrogen) atoms. The van der Waals surface area contributed by atoms with Gasteiger partial charge >= 0.3 is 5.76 Å². The average Bonchev–Trinajstić information content (AvgIpc) is 2.74. The van der Waals surface area contributed by atoms with Crippen molar-refractivity contribution in [2.75, 3.05) is 13.6 Å². The maximum atomic E-state index is 11.2. The summed E-state index contributed by atoms with van der Waals surface area (Å²) in [4.78, 5) is 13.8. The molecule has 1 aromatic heterocycles. The van der Waals surface area contributed by atoms with Gasteiger partial charge in [-0.15, -0.1) is 0 Å². The van der Waals surface area contributed by atoms with E-state index >= 15 is 0 Å². The van der Waals surface area contributed by atoms with Crippen molar-refractivity contribution in [1.29, 1.82) is 0 Å². The van der Waals surface area contributed by atoms with Gasteiger partial charge in [-0.3, -0.25) is 4.98 Å². The van der Waals surface area contributed by atoms with Crippen LogP contribution in [0.15, 0.2) is 27.4 Å². The molecule has 2 rings (SSSR count). The summed E-state index contributed by atoms with van der Waals surface area (Å²) < 4.78 is 5.11. The fraction of sp³-hybridized carbons (Fsp3) is 0.500. The predicted molar refractivity (Wildman–Crippen MR) is 76.0 cm³/mol. The van der Waals surface area contributed by atoms with Gasteiger partial charge in [0.2, 0.25) is 0 Å². The molecule has 0 bridgehead atoms. The van der Waals surface area contributed by atoms with Crippen molar-refractivity contribution in [2.24, 2.45) is 17.6 Å². The van der Waals surface area contributed by atoms with E-state index in [9.17, 15) is 4.79 Å². The van der Waals surface area contributed by atoms with E-state index in [1.807, 2.05) is 25.2 Å². The molecule has 1 aromatic carbocycles. The Hall–Kier alpha value is -1.59. The molecule has 0 aliphatic carbocycles. The highest BCUT2D eigenvalue weighted by Gasteiger charge is 2.24. The number of rotatable bonds is 5. The van der Waals surface area contributed by atoms with E-state index < -0.39 is 5.76 Å². The van der Waals surface area contributed by atoms with Crippen LogP contribution in [-0.2, 0) is 0 Å². The largest absolute Gasteiger partial charge is 0.417 e. The topological polar surface area (TPSA) is 84.0 Å². The number of fused-ring (bicyclic) bond motifs is 1. The van der Waals surface area contributed by atoms with Crippen LogP contribution < -0.4 is 16.8 Å². The van der Waals surface area contributed by atoms with Crippen LogP contribution in [-0.4, -0.2) is 18.6 Å². The van der Waals surface area contributed by atoms with Crippen LogP contribution in [0.1, 0.15) is 25.5 Å². The molecule has 0 amide bonds. The second kappa shape index (κ2) is 5.59. The molecule has 2 unspecified atom stereocenters. The van der Waals surface area contributed by atoms with Crippen molar-refractivity contribution in [3.05, 3.63) is 34.3 Å². The summed E-state index contributed by atoms with van der Waals surface area (Å²) in [6, 6.07) is 5.92. The highest BCUT2D eigenvalue weighted by molar-refractivity contribution is 5.72. The van der Waals surface area contributed by atoms with Gasteiger partial charge in [0.05, 0.1) is 5.52 Å². The Balaban J connectivity index is 2.42. The van der Waals surface area contributed by atoms with Crippen LogP contribution in [0, 0.1) is 11.8 Å². The second-order valence-corrected chi connectivity index (χ2v) is 5.18. The molecule has 2 atom stereocenters. The number of benzene rings is 1. The lowest BCUT2D eigenvalue weighted by atomic mass is 9.84. The molecule has 2 aromatic rings. The van der Waals surface area contributed by atoms with E-state index in [1.54, 1.807) is 0 Å². The molecule has 5 heteroatoms. The van der Waals surface area contributed by atoms with Crippen molar-refractivity contribution in [3.8, 4) is 0 Å². The molecule has 1 heterocycles. The quantitative estimate of drug-likeness (QED) is 0.765. The van der Waals surface area contributed by atoms with Gasteiger partial charge < -0.3 is 15.5 Å². The van der Waals surface area contributed by atoms with Crippen LogP contribution in [0.5, 0.6) is 0 Å². The van der Waals surface area contributed by atoms with Crippen molar-refractivity contribution >= 4 is 11.1 Å². The Morgan fingerprint density at radius 3 is 2.74 bits per heavy atom. The van der Waals surface area contributed by atoms with Gasteiger partial charge in [-0.1, -0.05) is 19.9 Å². The van der Waals surface area contributed by atoms with Crippen LogP contribution in [0.4, 0.5) is 0 Å². The molecule has 0 spiro atoms. The SMILES string of the molecule is CNC(c1ccc2[nH]c(=O)oc2c1)C(CN)C(C)C. The minimum absolute atomic E-state index is 0.148. The number of H-pyrrole nitrogens is 1. The monoisotopic (exact) mass is 263 g/mol. The molecule has 5 nitrogen and oxygen atoms in total. The predicted octanol–water partition coefficient (Wildman–Crippen LogP) is 1.61. The van der Waals surface area contributed by atoms with E-state index in [1.165, 1.54) is 0 Å². The first-order chi connectivity index (χ1) is 9.06. The molecule has 0 fully saturated rings. The first-order valence-corrected chi connectivity index (χ1v) is 6.57. The minimum atomic E-state index is -0.424. The average molecular weight is 263 g/mol. The molecule has 0 saturated heterocycles. The molecular formula is C14H21N3O2. The summed E-state index contributed by atoms with van der Waals surface area (Å²) in [7, 11) is 1.92. The van der Waals surface area contributed by atoms with E-state index in [-0.39, 0.29) is 6.04 Å². The summed E-state index contributed by atoms with van der Waals surface area (Å²) in [5, 5.41) is 3.31. The van der Waals surface area contributed by atoms with Crippen LogP contribution in [0.3, 0.4) is 0 Å². The third-order valence-corrected chi connectivity index (χ3v) is 3.67. The van der Waals surface area contributed by atoms with Crippen LogP contribution >= 0.6 is 0 Å². The Morgan fingerprint density at radius 1 is 1.42 bits per heavy atom. The third kappa shape index (κ3) is 2.72. The first-order valence-electron chi connectivity index (χ1n) is 6.57. The molecule has 0 saturated carbocycles. The molecule has 0 radical (unpaired) electrons. The Labute approximate surface area is 112 Å². The summed E-state index contributed by atoms with van der Waals surface area (Å²) in [6.07, 6.45) is 0. The smallest absolute Gasteiger partial charge is 0.408 e. The minimum Gasteiger partial charge on any atom is -0.408 e. The van der Waals surface area contributed by atoms with Gasteiger partial charge in [0.1, 0.15) is 0 Å². The highest BCUT2D eigenvalue weighted by Crippen LogP contribution is 2.28. The van der Waals surface area contributed by atoms with Crippen LogP contribution in [0.2, 0.25) is 0 Å². The number of aromatic nitrogens is 1. The fourth-order valence-corrected chi connectivity index (χ4v) is 2.58. The van der Waals surface area contributed by atoms with E-state index in [2.05, 4.69) is 24.1 Å². The maximum absolute atomic E-state index is 11.2. The molecule has 0 aliphatic rings. The van der Waals surface area contributed by atoms with E-state index in [0.717, 1.165) is 11.1 Å². The van der Waals surface area contributed by atoms with Crippen molar-refractivity contribution in [3.63, 3.8) is 0 Å². The summed E-state index contributed by atoms with van der Waals surface area (Å²) in [5.41, 5.74) is 8.28. The fourth-order valence-electron chi connectivity index (χ4n) is 2.58. The van der Waals surface area contributed by atoms with Gasteiger partial charge in [-0.2, -0.15) is 0 Å². The molecule has 4 N–H and O–H groups in total. The van der Waals surface area contributed by atoms with Gasteiger partial charge in [0.15, 0.2) is 5.58 Å². The normalized spacial score (nSPS) is 15.0. The lowest BCUT2D eigenvalue weighted by Gasteiger charge is -2.29. The molecular weight excluding hydrogens is 242 g/mol. The van der Waals surface area contributed by atoms with Crippen molar-refractivity contribution < 1.29 is 4.42 Å². The number of nitrogens with two attached hydrogens (primary N) is 1. The van der Waals surface area contributed by atoms with Gasteiger partial charge in [-0.25, -0.2) is 4.79 Å². The Morgan fingerprint density at radius 2 is 2.16 bits per heavy atom.